The van der Waals surface area contributed by atoms with Gasteiger partial charge < -0.3 is 19.0 Å². The van der Waals surface area contributed by atoms with Crippen molar-refractivity contribution in [3.8, 4) is 5.75 Å². The predicted molar refractivity (Wildman–Crippen MR) is 88.6 cm³/mol. The Balaban J connectivity index is 2.03. The van der Waals surface area contributed by atoms with Crippen molar-refractivity contribution in [2.75, 3.05) is 27.2 Å². The second kappa shape index (κ2) is 5.88. The number of ether oxygens (including phenoxy) is 1. The maximum atomic E-state index is 12.8. The average molecular weight is 381 g/mol. The third kappa shape index (κ3) is 2.81. The third-order valence-electron chi connectivity index (χ3n) is 3.87. The maximum Gasteiger partial charge on any atom is 0.294 e. The number of hydrogen-bond acceptors (Lipinski definition) is 4. The van der Waals surface area contributed by atoms with Gasteiger partial charge in [-0.25, -0.2) is 0 Å². The standard InChI is InChI=1S/C16H17BrN2O4/c1-9-8-22-14-11-5-4-10(17)6-12(11)23-15(14)16(21)19(9)7-13(20)18(2)3/h4-6,9H,7-8H2,1-3H3. The zero-order valence-electron chi connectivity index (χ0n) is 13.1. The van der Waals surface area contributed by atoms with Crippen LogP contribution in [0.15, 0.2) is 27.1 Å². The van der Waals surface area contributed by atoms with E-state index < -0.39 is 0 Å². The zero-order valence-corrected chi connectivity index (χ0v) is 14.7. The van der Waals surface area contributed by atoms with Gasteiger partial charge in [0.1, 0.15) is 18.7 Å². The fourth-order valence-corrected chi connectivity index (χ4v) is 2.81. The Hall–Kier alpha value is -2.02. The first-order valence-electron chi connectivity index (χ1n) is 7.24. The van der Waals surface area contributed by atoms with Gasteiger partial charge in [-0.1, -0.05) is 15.9 Å². The van der Waals surface area contributed by atoms with E-state index in [2.05, 4.69) is 15.9 Å². The topological polar surface area (TPSA) is 63.0 Å². The summed E-state index contributed by atoms with van der Waals surface area (Å²) in [6, 6.07) is 5.28. The van der Waals surface area contributed by atoms with Crippen LogP contribution in [-0.2, 0) is 4.79 Å². The molecule has 0 spiro atoms. The lowest BCUT2D eigenvalue weighted by Gasteiger charge is -2.26. The average Bonchev–Trinajstić information content (AvgIpc) is 2.81. The Kier molecular flexibility index (Phi) is 4.06. The lowest BCUT2D eigenvalue weighted by atomic mass is 10.2. The molecule has 2 amide bonds. The van der Waals surface area contributed by atoms with Gasteiger partial charge in [0, 0.05) is 18.6 Å². The van der Waals surface area contributed by atoms with Crippen LogP contribution in [0.5, 0.6) is 5.75 Å². The van der Waals surface area contributed by atoms with Crippen molar-refractivity contribution in [1.82, 2.24) is 9.80 Å². The zero-order chi connectivity index (χ0) is 16.7. The summed E-state index contributed by atoms with van der Waals surface area (Å²) in [6.07, 6.45) is 0. The van der Waals surface area contributed by atoms with Crippen LogP contribution in [0.3, 0.4) is 0 Å². The summed E-state index contributed by atoms with van der Waals surface area (Å²) < 4.78 is 12.4. The quantitative estimate of drug-likeness (QED) is 0.802. The van der Waals surface area contributed by atoms with Crippen LogP contribution in [0.4, 0.5) is 0 Å². The third-order valence-corrected chi connectivity index (χ3v) is 4.36. The number of fused-ring (bicyclic) bond motifs is 3. The number of likely N-dealkylation sites (N-methyl/N-ethyl adjacent to an activating group) is 1. The molecule has 7 heteroatoms. The van der Waals surface area contributed by atoms with Crippen LogP contribution in [0.25, 0.3) is 11.0 Å². The highest BCUT2D eigenvalue weighted by Gasteiger charge is 2.34. The highest BCUT2D eigenvalue weighted by Crippen LogP contribution is 2.37. The second-order valence-corrected chi connectivity index (χ2v) is 6.70. The molecule has 0 N–H and O–H groups in total. The molecule has 122 valence electrons. The maximum absolute atomic E-state index is 12.8. The van der Waals surface area contributed by atoms with E-state index in [1.54, 1.807) is 20.2 Å². The fraction of sp³-hybridized carbons (Fsp3) is 0.375. The van der Waals surface area contributed by atoms with Crippen molar-refractivity contribution in [1.29, 1.82) is 0 Å². The molecule has 1 aliphatic heterocycles. The Morgan fingerprint density at radius 3 is 2.87 bits per heavy atom. The van der Waals surface area contributed by atoms with Crippen molar-refractivity contribution in [3.63, 3.8) is 0 Å². The van der Waals surface area contributed by atoms with Crippen LogP contribution in [0.1, 0.15) is 17.5 Å². The van der Waals surface area contributed by atoms with Crippen LogP contribution in [0, 0.1) is 0 Å². The summed E-state index contributed by atoms with van der Waals surface area (Å²) >= 11 is 3.38. The van der Waals surface area contributed by atoms with Gasteiger partial charge in [0.05, 0.1) is 11.4 Å². The van der Waals surface area contributed by atoms with Gasteiger partial charge in [-0.15, -0.1) is 0 Å². The summed E-state index contributed by atoms with van der Waals surface area (Å²) in [6.45, 7) is 2.16. The minimum absolute atomic E-state index is 0.00343. The van der Waals surface area contributed by atoms with E-state index in [1.807, 2.05) is 19.1 Å². The molecule has 1 aromatic heterocycles. The molecular weight excluding hydrogens is 364 g/mol. The summed E-state index contributed by atoms with van der Waals surface area (Å²) in [5.41, 5.74) is 0.575. The molecule has 2 aromatic rings. The molecule has 23 heavy (non-hydrogen) atoms. The molecule has 6 nitrogen and oxygen atoms in total. The van der Waals surface area contributed by atoms with Gasteiger partial charge >= 0.3 is 0 Å². The number of furan rings is 1. The Labute approximate surface area is 142 Å². The molecule has 0 aliphatic carbocycles. The molecule has 1 aromatic carbocycles. The molecule has 3 rings (SSSR count). The molecule has 2 heterocycles. The number of rotatable bonds is 2. The van der Waals surface area contributed by atoms with Crippen molar-refractivity contribution >= 4 is 38.7 Å². The summed E-state index contributed by atoms with van der Waals surface area (Å²) in [5.74, 6) is 0.123. The van der Waals surface area contributed by atoms with E-state index in [1.165, 1.54) is 9.80 Å². The molecule has 1 unspecified atom stereocenters. The van der Waals surface area contributed by atoms with Gasteiger partial charge in [-0.2, -0.15) is 0 Å². The first-order chi connectivity index (χ1) is 10.9. The monoisotopic (exact) mass is 380 g/mol. The Morgan fingerprint density at radius 2 is 2.17 bits per heavy atom. The lowest BCUT2D eigenvalue weighted by molar-refractivity contribution is -0.129. The summed E-state index contributed by atoms with van der Waals surface area (Å²) in [4.78, 5) is 27.8. The van der Waals surface area contributed by atoms with Crippen LogP contribution in [-0.4, -0.2) is 54.9 Å². The Morgan fingerprint density at radius 1 is 1.43 bits per heavy atom. The van der Waals surface area contributed by atoms with E-state index in [0.29, 0.717) is 17.9 Å². The first kappa shape index (κ1) is 15.9. The van der Waals surface area contributed by atoms with E-state index in [4.69, 9.17) is 9.15 Å². The number of nitrogens with zero attached hydrogens (tertiary/aromatic N) is 2. The van der Waals surface area contributed by atoms with E-state index in [0.717, 1.165) is 9.86 Å². The molecule has 1 aliphatic rings. The number of carbonyl (C=O) groups excluding carboxylic acids is 2. The summed E-state index contributed by atoms with van der Waals surface area (Å²) in [5, 5.41) is 0.754. The van der Waals surface area contributed by atoms with Gasteiger partial charge in [-0.05, 0) is 25.1 Å². The largest absolute Gasteiger partial charge is 0.487 e. The fourth-order valence-electron chi connectivity index (χ4n) is 2.47. The minimum atomic E-state index is -0.326. The van der Waals surface area contributed by atoms with Crippen molar-refractivity contribution in [2.45, 2.75) is 13.0 Å². The molecule has 0 bridgehead atoms. The number of carbonyl (C=O) groups is 2. The smallest absolute Gasteiger partial charge is 0.294 e. The second-order valence-electron chi connectivity index (χ2n) is 5.78. The van der Waals surface area contributed by atoms with Gasteiger partial charge in [0.2, 0.25) is 11.7 Å². The van der Waals surface area contributed by atoms with Gasteiger partial charge in [-0.3, -0.25) is 9.59 Å². The minimum Gasteiger partial charge on any atom is -0.487 e. The first-order valence-corrected chi connectivity index (χ1v) is 8.03. The van der Waals surface area contributed by atoms with E-state index in [-0.39, 0.29) is 30.2 Å². The molecule has 0 saturated carbocycles. The van der Waals surface area contributed by atoms with Gasteiger partial charge in [0.25, 0.3) is 5.91 Å². The normalized spacial score (nSPS) is 17.7. The van der Waals surface area contributed by atoms with Crippen molar-refractivity contribution in [3.05, 3.63) is 28.4 Å². The number of hydrogen-bond donors (Lipinski definition) is 0. The molecule has 0 fully saturated rings. The van der Waals surface area contributed by atoms with Gasteiger partial charge in [0.15, 0.2) is 5.75 Å². The van der Waals surface area contributed by atoms with Crippen LogP contribution < -0.4 is 4.74 Å². The number of halogens is 1. The Bertz CT molecular complexity index is 784. The predicted octanol–water partition coefficient (Wildman–Crippen LogP) is 2.51. The molecule has 0 saturated heterocycles. The molecule has 1 atom stereocenters. The SMILES string of the molecule is CC1COc2c(oc3cc(Br)ccc23)C(=O)N1CC(=O)N(C)C. The molecular formula is C16H17BrN2O4. The highest BCUT2D eigenvalue weighted by atomic mass is 79.9. The number of benzene rings is 1. The van der Waals surface area contributed by atoms with E-state index >= 15 is 0 Å². The van der Waals surface area contributed by atoms with Crippen LogP contribution >= 0.6 is 15.9 Å². The van der Waals surface area contributed by atoms with Crippen molar-refractivity contribution in [2.24, 2.45) is 0 Å². The lowest BCUT2D eigenvalue weighted by Crippen LogP contribution is -2.45. The highest BCUT2D eigenvalue weighted by molar-refractivity contribution is 9.10. The number of amides is 2. The molecule has 0 radical (unpaired) electrons. The van der Waals surface area contributed by atoms with Crippen molar-refractivity contribution < 1.29 is 18.7 Å². The van der Waals surface area contributed by atoms with Crippen LogP contribution in [0.2, 0.25) is 0 Å². The summed E-state index contributed by atoms with van der Waals surface area (Å²) in [7, 11) is 3.33. The van der Waals surface area contributed by atoms with E-state index in [9.17, 15) is 9.59 Å².